The van der Waals surface area contributed by atoms with Crippen molar-refractivity contribution >= 4 is 46.5 Å². The molecule has 0 aliphatic heterocycles. The van der Waals surface area contributed by atoms with Crippen LogP contribution in [0.3, 0.4) is 0 Å². The Hall–Kier alpha value is -2.71. The molecule has 0 saturated heterocycles. The number of carbonyl (C=O) groups excluding carboxylic acids is 2. The number of nitrogens with zero attached hydrogens (tertiary/aromatic N) is 1. The fraction of sp³-hybridized carbons (Fsp3) is 0.0667. The van der Waals surface area contributed by atoms with Crippen molar-refractivity contribution in [3.63, 3.8) is 0 Å². The first-order valence-corrected chi connectivity index (χ1v) is 7.39. The molecule has 0 fully saturated rings. The van der Waals surface area contributed by atoms with Crippen LogP contribution in [-0.4, -0.2) is 23.4 Å². The average molecular weight is 387 g/mol. The summed E-state index contributed by atoms with van der Waals surface area (Å²) in [7, 11) is 0. The summed E-state index contributed by atoms with van der Waals surface area (Å²) in [6.45, 7) is -0.711. The highest BCUT2D eigenvalue weighted by Gasteiger charge is 2.18. The summed E-state index contributed by atoms with van der Waals surface area (Å²) in [5, 5.41) is 13.0. The van der Waals surface area contributed by atoms with Crippen molar-refractivity contribution < 1.29 is 23.6 Å². The van der Waals surface area contributed by atoms with Gasteiger partial charge < -0.3 is 10.1 Å². The quantitative estimate of drug-likeness (QED) is 0.478. The number of nitro benzene ring substituents is 1. The number of benzene rings is 2. The Labute approximate surface area is 150 Å². The van der Waals surface area contributed by atoms with Crippen molar-refractivity contribution in [3.05, 3.63) is 67.9 Å². The Balaban J connectivity index is 1.98. The average Bonchev–Trinajstić information content (AvgIpc) is 2.55. The number of amides is 1. The number of nitro groups is 1. The number of nitrogens with one attached hydrogen (secondary N) is 1. The standard InChI is InChI=1S/C15H9Cl2FN2O5/c16-9-2-4-12(11(18)6-9)19-14(21)7-25-15(22)8-1-3-10(17)13(5-8)20(23)24/h1-6H,7H2,(H,19,21). The van der Waals surface area contributed by atoms with Gasteiger partial charge in [-0.25, -0.2) is 9.18 Å². The molecule has 0 saturated carbocycles. The van der Waals surface area contributed by atoms with Crippen LogP contribution in [-0.2, 0) is 9.53 Å². The van der Waals surface area contributed by atoms with E-state index >= 15 is 0 Å². The smallest absolute Gasteiger partial charge is 0.338 e. The van der Waals surface area contributed by atoms with Gasteiger partial charge in [0.2, 0.25) is 0 Å². The van der Waals surface area contributed by atoms with Crippen LogP contribution in [0.15, 0.2) is 36.4 Å². The Kier molecular flexibility index (Phi) is 5.89. The second-order valence-corrected chi connectivity index (χ2v) is 5.52. The minimum Gasteiger partial charge on any atom is -0.452 e. The summed E-state index contributed by atoms with van der Waals surface area (Å²) < 4.78 is 18.3. The van der Waals surface area contributed by atoms with Crippen LogP contribution >= 0.6 is 23.2 Å². The van der Waals surface area contributed by atoms with Gasteiger partial charge in [0, 0.05) is 11.1 Å². The first kappa shape index (κ1) is 18.6. The molecule has 0 radical (unpaired) electrons. The zero-order valence-corrected chi connectivity index (χ0v) is 13.8. The third-order valence-electron chi connectivity index (χ3n) is 2.92. The first-order valence-electron chi connectivity index (χ1n) is 6.64. The van der Waals surface area contributed by atoms with Crippen LogP contribution in [0, 0.1) is 15.9 Å². The molecule has 130 valence electrons. The minimum atomic E-state index is -0.966. The van der Waals surface area contributed by atoms with Gasteiger partial charge in [0.1, 0.15) is 10.8 Å². The van der Waals surface area contributed by atoms with E-state index in [2.05, 4.69) is 5.32 Å². The Bertz CT molecular complexity index is 860. The highest BCUT2D eigenvalue weighted by Crippen LogP contribution is 2.25. The number of ether oxygens (including phenoxy) is 1. The van der Waals surface area contributed by atoms with Crippen molar-refractivity contribution in [3.8, 4) is 0 Å². The van der Waals surface area contributed by atoms with Gasteiger partial charge in [-0.05, 0) is 30.3 Å². The summed E-state index contributed by atoms with van der Waals surface area (Å²) in [5.41, 5.74) is -0.752. The number of anilines is 1. The van der Waals surface area contributed by atoms with Crippen LogP contribution < -0.4 is 5.32 Å². The number of carbonyl (C=O) groups is 2. The van der Waals surface area contributed by atoms with Crippen LogP contribution in [0.2, 0.25) is 10.0 Å². The largest absolute Gasteiger partial charge is 0.452 e. The Morgan fingerprint density at radius 2 is 1.92 bits per heavy atom. The predicted molar refractivity (Wildman–Crippen MR) is 88.4 cm³/mol. The molecule has 25 heavy (non-hydrogen) atoms. The van der Waals surface area contributed by atoms with Crippen LogP contribution in [0.4, 0.5) is 15.8 Å². The van der Waals surface area contributed by atoms with Crippen molar-refractivity contribution in [1.82, 2.24) is 0 Å². The van der Waals surface area contributed by atoms with E-state index in [9.17, 15) is 24.1 Å². The lowest BCUT2D eigenvalue weighted by molar-refractivity contribution is -0.384. The van der Waals surface area contributed by atoms with Crippen molar-refractivity contribution in [1.29, 1.82) is 0 Å². The third kappa shape index (κ3) is 4.88. The molecule has 0 aromatic heterocycles. The molecular formula is C15H9Cl2FN2O5. The van der Waals surface area contributed by atoms with E-state index in [1.54, 1.807) is 0 Å². The van der Waals surface area contributed by atoms with Gasteiger partial charge in [-0.2, -0.15) is 0 Å². The fourth-order valence-corrected chi connectivity index (χ4v) is 2.12. The zero-order valence-electron chi connectivity index (χ0n) is 12.3. The molecular weight excluding hydrogens is 378 g/mol. The van der Waals surface area contributed by atoms with Crippen molar-refractivity contribution in [2.75, 3.05) is 11.9 Å². The molecule has 0 spiro atoms. The van der Waals surface area contributed by atoms with Gasteiger partial charge in [-0.15, -0.1) is 0 Å². The molecule has 0 aliphatic rings. The van der Waals surface area contributed by atoms with Crippen molar-refractivity contribution in [2.24, 2.45) is 0 Å². The minimum absolute atomic E-state index is 0.132. The number of rotatable bonds is 5. The maximum atomic E-state index is 13.5. The van der Waals surface area contributed by atoms with E-state index in [4.69, 9.17) is 27.9 Å². The maximum Gasteiger partial charge on any atom is 0.338 e. The molecule has 0 heterocycles. The zero-order chi connectivity index (χ0) is 18.6. The first-order chi connectivity index (χ1) is 11.8. The van der Waals surface area contributed by atoms with E-state index in [0.717, 1.165) is 12.1 Å². The molecule has 1 N–H and O–H groups in total. The number of halogens is 3. The molecule has 2 aromatic carbocycles. The van der Waals surface area contributed by atoms with Gasteiger partial charge in [-0.3, -0.25) is 14.9 Å². The normalized spacial score (nSPS) is 10.2. The lowest BCUT2D eigenvalue weighted by Gasteiger charge is -2.08. The van der Waals surface area contributed by atoms with Crippen molar-refractivity contribution in [2.45, 2.75) is 0 Å². The summed E-state index contributed by atoms with van der Waals surface area (Å²) in [4.78, 5) is 33.6. The van der Waals surface area contributed by atoms with E-state index in [0.29, 0.717) is 0 Å². The van der Waals surface area contributed by atoms with E-state index in [1.165, 1.54) is 24.3 Å². The third-order valence-corrected chi connectivity index (χ3v) is 3.47. The van der Waals surface area contributed by atoms with Crippen LogP contribution in [0.1, 0.15) is 10.4 Å². The molecule has 7 nitrogen and oxygen atoms in total. The Morgan fingerprint density at radius 3 is 2.56 bits per heavy atom. The molecule has 2 rings (SSSR count). The van der Waals surface area contributed by atoms with Gasteiger partial charge in [-0.1, -0.05) is 23.2 Å². The van der Waals surface area contributed by atoms with Gasteiger partial charge in [0.25, 0.3) is 11.6 Å². The summed E-state index contributed by atoms with van der Waals surface area (Å²) in [5.74, 6) is -2.51. The molecule has 0 unspecified atom stereocenters. The van der Waals surface area contributed by atoms with E-state index < -0.39 is 34.9 Å². The van der Waals surface area contributed by atoms with Gasteiger partial charge >= 0.3 is 5.97 Å². The van der Waals surface area contributed by atoms with Gasteiger partial charge in [0.15, 0.2) is 6.61 Å². The molecule has 2 aromatic rings. The monoisotopic (exact) mass is 386 g/mol. The lowest BCUT2D eigenvalue weighted by atomic mass is 10.2. The summed E-state index contributed by atoms with van der Waals surface area (Å²) in [6.07, 6.45) is 0. The summed E-state index contributed by atoms with van der Waals surface area (Å²) >= 11 is 11.2. The number of hydrogen-bond donors (Lipinski definition) is 1. The SMILES string of the molecule is O=C(COC(=O)c1ccc(Cl)c([N+](=O)[O-])c1)Nc1ccc(Cl)cc1F. The van der Waals surface area contributed by atoms with Crippen LogP contribution in [0.5, 0.6) is 0 Å². The molecule has 0 atom stereocenters. The second kappa shape index (κ2) is 7.91. The second-order valence-electron chi connectivity index (χ2n) is 4.67. The van der Waals surface area contributed by atoms with E-state index in [1.807, 2.05) is 0 Å². The van der Waals surface area contributed by atoms with Gasteiger partial charge in [0.05, 0.1) is 16.2 Å². The molecule has 10 heteroatoms. The highest BCUT2D eigenvalue weighted by atomic mass is 35.5. The topological polar surface area (TPSA) is 98.5 Å². The lowest BCUT2D eigenvalue weighted by Crippen LogP contribution is -2.21. The fourth-order valence-electron chi connectivity index (χ4n) is 1.77. The number of esters is 1. The Morgan fingerprint density at radius 1 is 1.20 bits per heavy atom. The maximum absolute atomic E-state index is 13.5. The predicted octanol–water partition coefficient (Wildman–Crippen LogP) is 3.84. The number of hydrogen-bond acceptors (Lipinski definition) is 5. The van der Waals surface area contributed by atoms with E-state index in [-0.39, 0.29) is 21.3 Å². The molecule has 1 amide bonds. The van der Waals surface area contributed by atoms with Crippen LogP contribution in [0.25, 0.3) is 0 Å². The summed E-state index contributed by atoms with van der Waals surface area (Å²) in [6, 6.07) is 6.95. The molecule has 0 aliphatic carbocycles. The highest BCUT2D eigenvalue weighted by molar-refractivity contribution is 6.32. The molecule has 0 bridgehead atoms.